The van der Waals surface area contributed by atoms with Crippen LogP contribution in [0.3, 0.4) is 0 Å². The van der Waals surface area contributed by atoms with Gasteiger partial charge in [0, 0.05) is 18.7 Å². The van der Waals surface area contributed by atoms with Gasteiger partial charge in [-0.3, -0.25) is 13.9 Å². The number of nitrogens with one attached hydrogen (secondary N) is 1. The van der Waals surface area contributed by atoms with Crippen molar-refractivity contribution in [2.45, 2.75) is 71.5 Å². The smallest absolute Gasteiger partial charge is 0.244 e. The molecular formula is C28H37N3O6S. The summed E-state index contributed by atoms with van der Waals surface area (Å²) in [5.41, 5.74) is 2.20. The highest BCUT2D eigenvalue weighted by molar-refractivity contribution is 7.92. The van der Waals surface area contributed by atoms with Crippen molar-refractivity contribution in [1.82, 2.24) is 10.2 Å². The Morgan fingerprint density at radius 3 is 2.50 bits per heavy atom. The number of nitrogens with zero attached hydrogens (tertiary/aromatic N) is 2. The molecule has 0 radical (unpaired) electrons. The Morgan fingerprint density at radius 2 is 1.79 bits per heavy atom. The van der Waals surface area contributed by atoms with Crippen molar-refractivity contribution in [3.8, 4) is 11.5 Å². The van der Waals surface area contributed by atoms with Gasteiger partial charge in [-0.05, 0) is 51.3 Å². The summed E-state index contributed by atoms with van der Waals surface area (Å²) in [6.45, 7) is 4.99. The third kappa shape index (κ3) is 6.59. The van der Waals surface area contributed by atoms with Crippen LogP contribution in [0.15, 0.2) is 42.5 Å². The van der Waals surface area contributed by atoms with Gasteiger partial charge in [-0.2, -0.15) is 0 Å². The molecule has 38 heavy (non-hydrogen) atoms. The molecule has 1 aliphatic carbocycles. The first-order chi connectivity index (χ1) is 18.2. The highest BCUT2D eigenvalue weighted by atomic mass is 32.2. The van der Waals surface area contributed by atoms with Crippen molar-refractivity contribution < 1.29 is 27.5 Å². The summed E-state index contributed by atoms with van der Waals surface area (Å²) in [7, 11) is -3.82. The number of rotatable bonds is 10. The number of anilines is 1. The molecule has 2 aliphatic rings. The van der Waals surface area contributed by atoms with Crippen molar-refractivity contribution >= 4 is 27.5 Å². The average Bonchev–Trinajstić information content (AvgIpc) is 3.38. The minimum Gasteiger partial charge on any atom is -0.454 e. The van der Waals surface area contributed by atoms with Gasteiger partial charge in [-0.15, -0.1) is 0 Å². The van der Waals surface area contributed by atoms with Gasteiger partial charge in [0.1, 0.15) is 12.6 Å². The fraction of sp³-hybridized carbons (Fsp3) is 0.500. The number of hydrogen-bond donors (Lipinski definition) is 1. The zero-order chi connectivity index (χ0) is 27.3. The monoisotopic (exact) mass is 543 g/mol. The fourth-order valence-corrected chi connectivity index (χ4v) is 5.97. The number of fused-ring (bicyclic) bond motifs is 1. The third-order valence-electron chi connectivity index (χ3n) is 7.18. The lowest BCUT2D eigenvalue weighted by molar-refractivity contribution is -0.139. The van der Waals surface area contributed by atoms with Crippen LogP contribution in [0.2, 0.25) is 0 Å². The molecule has 1 aliphatic heterocycles. The minimum atomic E-state index is -3.82. The molecule has 1 fully saturated rings. The Labute approximate surface area is 225 Å². The van der Waals surface area contributed by atoms with E-state index in [2.05, 4.69) is 5.32 Å². The Hall–Kier alpha value is -3.27. The summed E-state index contributed by atoms with van der Waals surface area (Å²) in [5, 5.41) is 3.11. The predicted octanol–water partition coefficient (Wildman–Crippen LogP) is 3.75. The molecule has 206 valence electrons. The summed E-state index contributed by atoms with van der Waals surface area (Å²) in [4.78, 5) is 28.6. The normalized spacial score (nSPS) is 16.1. The Kier molecular flexibility index (Phi) is 8.81. The van der Waals surface area contributed by atoms with E-state index in [1.165, 1.54) is 18.2 Å². The molecule has 0 aromatic heterocycles. The fourth-order valence-electron chi connectivity index (χ4n) is 4.92. The van der Waals surface area contributed by atoms with Crippen molar-refractivity contribution in [3.05, 3.63) is 53.6 Å². The van der Waals surface area contributed by atoms with Gasteiger partial charge in [0.25, 0.3) is 0 Å². The topological polar surface area (TPSA) is 105 Å². The molecule has 2 amide bonds. The average molecular weight is 544 g/mol. The highest BCUT2D eigenvalue weighted by Crippen LogP contribution is 2.36. The zero-order valence-electron chi connectivity index (χ0n) is 22.3. The molecule has 10 heteroatoms. The standard InChI is InChI=1S/C28H37N3O6S/c1-4-38(34,35)31(24-13-14-25-26(16-24)37-19-36-25)18-27(32)30(17-22-10-8-9-20(2)15-22)21(3)28(33)29-23-11-6-5-7-12-23/h8-10,13-16,21,23H,4-7,11-12,17-19H2,1-3H3,(H,29,33)/t21-/m1/s1. The molecule has 0 unspecified atom stereocenters. The van der Waals surface area contributed by atoms with Crippen LogP contribution >= 0.6 is 0 Å². The molecule has 1 heterocycles. The van der Waals surface area contributed by atoms with Gasteiger partial charge in [-0.25, -0.2) is 8.42 Å². The van der Waals surface area contributed by atoms with Gasteiger partial charge in [0.2, 0.25) is 28.6 Å². The number of amides is 2. The van der Waals surface area contributed by atoms with E-state index < -0.39 is 28.5 Å². The number of carbonyl (C=O) groups is 2. The molecule has 0 bridgehead atoms. The van der Waals surface area contributed by atoms with Gasteiger partial charge >= 0.3 is 0 Å². The van der Waals surface area contributed by atoms with Crippen LogP contribution < -0.4 is 19.1 Å². The Morgan fingerprint density at radius 1 is 1.05 bits per heavy atom. The molecule has 0 saturated heterocycles. The van der Waals surface area contributed by atoms with E-state index in [1.807, 2.05) is 31.2 Å². The zero-order valence-corrected chi connectivity index (χ0v) is 23.1. The van der Waals surface area contributed by atoms with Crippen LogP contribution in [-0.2, 0) is 26.2 Å². The minimum absolute atomic E-state index is 0.0517. The van der Waals surface area contributed by atoms with E-state index in [1.54, 1.807) is 25.1 Å². The quantitative estimate of drug-likeness (QED) is 0.490. The largest absolute Gasteiger partial charge is 0.454 e. The first kappa shape index (κ1) is 27.8. The number of carbonyl (C=O) groups excluding carboxylic acids is 2. The number of benzene rings is 2. The number of sulfonamides is 1. The molecule has 1 N–H and O–H groups in total. The van der Waals surface area contributed by atoms with E-state index in [0.29, 0.717) is 17.2 Å². The summed E-state index contributed by atoms with van der Waals surface area (Å²) < 4.78 is 38.1. The SMILES string of the molecule is CCS(=O)(=O)N(CC(=O)N(Cc1cccc(C)c1)[C@H](C)C(=O)NC1CCCCC1)c1ccc2c(c1)OCO2. The van der Waals surface area contributed by atoms with E-state index >= 15 is 0 Å². The maximum absolute atomic E-state index is 13.8. The molecule has 2 aromatic rings. The van der Waals surface area contributed by atoms with Crippen LogP contribution in [0, 0.1) is 6.92 Å². The lowest BCUT2D eigenvalue weighted by atomic mass is 9.95. The van der Waals surface area contributed by atoms with E-state index in [-0.39, 0.29) is 31.0 Å². The van der Waals surface area contributed by atoms with Crippen molar-refractivity contribution in [2.75, 3.05) is 23.4 Å². The maximum Gasteiger partial charge on any atom is 0.244 e. The molecule has 2 aromatic carbocycles. The summed E-state index contributed by atoms with van der Waals surface area (Å²) in [6.07, 6.45) is 5.17. The molecular weight excluding hydrogens is 506 g/mol. The number of aryl methyl sites for hydroxylation is 1. The van der Waals surface area contributed by atoms with Crippen LogP contribution in [0.1, 0.15) is 57.1 Å². The highest BCUT2D eigenvalue weighted by Gasteiger charge is 2.32. The van der Waals surface area contributed by atoms with Crippen LogP contribution in [-0.4, -0.2) is 56.3 Å². The van der Waals surface area contributed by atoms with Gasteiger partial charge in [0.05, 0.1) is 11.4 Å². The maximum atomic E-state index is 13.8. The third-order valence-corrected chi connectivity index (χ3v) is 8.92. The predicted molar refractivity (Wildman–Crippen MR) is 146 cm³/mol. The number of ether oxygens (including phenoxy) is 2. The molecule has 0 spiro atoms. The van der Waals surface area contributed by atoms with Crippen molar-refractivity contribution in [2.24, 2.45) is 0 Å². The second-order valence-corrected chi connectivity index (χ2v) is 12.2. The lowest BCUT2D eigenvalue weighted by Crippen LogP contribution is -2.53. The first-order valence-electron chi connectivity index (χ1n) is 13.2. The van der Waals surface area contributed by atoms with Gasteiger partial charge in [-0.1, -0.05) is 49.1 Å². The first-order valence-corrected chi connectivity index (χ1v) is 14.8. The number of hydrogen-bond acceptors (Lipinski definition) is 6. The van der Waals surface area contributed by atoms with Gasteiger partial charge < -0.3 is 19.7 Å². The van der Waals surface area contributed by atoms with E-state index in [4.69, 9.17) is 9.47 Å². The summed E-state index contributed by atoms with van der Waals surface area (Å²) in [5.74, 6) is 0.0501. The lowest BCUT2D eigenvalue weighted by Gasteiger charge is -2.33. The van der Waals surface area contributed by atoms with Crippen molar-refractivity contribution in [1.29, 1.82) is 0 Å². The summed E-state index contributed by atoms with van der Waals surface area (Å²) >= 11 is 0. The van der Waals surface area contributed by atoms with Gasteiger partial charge in [0.15, 0.2) is 11.5 Å². The van der Waals surface area contributed by atoms with Crippen LogP contribution in [0.25, 0.3) is 0 Å². The van der Waals surface area contributed by atoms with E-state index in [9.17, 15) is 18.0 Å². The van der Waals surface area contributed by atoms with Crippen molar-refractivity contribution in [3.63, 3.8) is 0 Å². The molecule has 1 atom stereocenters. The van der Waals surface area contributed by atoms with Crippen LogP contribution in [0.5, 0.6) is 11.5 Å². The van der Waals surface area contributed by atoms with E-state index in [0.717, 1.165) is 41.1 Å². The second kappa shape index (κ2) is 12.1. The molecule has 1 saturated carbocycles. The Balaban J connectivity index is 1.61. The van der Waals surface area contributed by atoms with Crippen LogP contribution in [0.4, 0.5) is 5.69 Å². The second-order valence-electron chi connectivity index (χ2n) is 9.97. The Bertz CT molecular complexity index is 1260. The summed E-state index contributed by atoms with van der Waals surface area (Å²) in [6, 6.07) is 11.8. The molecule has 4 rings (SSSR count). The molecule has 9 nitrogen and oxygen atoms in total.